The first-order valence-electron chi connectivity index (χ1n) is 6.20. The molecule has 0 aromatic rings. The van der Waals surface area contributed by atoms with Gasteiger partial charge in [0.1, 0.15) is 0 Å². The van der Waals surface area contributed by atoms with Crippen LogP contribution in [0.4, 0.5) is 0 Å². The van der Waals surface area contributed by atoms with Gasteiger partial charge in [-0.3, -0.25) is 4.79 Å². The van der Waals surface area contributed by atoms with E-state index in [1.165, 1.54) is 12.8 Å². The van der Waals surface area contributed by atoms with E-state index in [9.17, 15) is 4.79 Å². The van der Waals surface area contributed by atoms with Gasteiger partial charge in [0.05, 0.1) is 5.41 Å². The fourth-order valence-corrected chi connectivity index (χ4v) is 2.99. The van der Waals surface area contributed by atoms with Crippen LogP contribution in [0.25, 0.3) is 0 Å². The van der Waals surface area contributed by atoms with Crippen molar-refractivity contribution >= 4 is 18.3 Å². The first kappa shape index (κ1) is 13.8. The first-order valence-corrected chi connectivity index (χ1v) is 6.20. The molecule has 1 heterocycles. The van der Waals surface area contributed by atoms with Gasteiger partial charge in [-0.05, 0) is 38.6 Å². The molecule has 0 aromatic heterocycles. The van der Waals surface area contributed by atoms with Crippen LogP contribution in [-0.4, -0.2) is 25.0 Å². The normalized spacial score (nSPS) is 34.0. The summed E-state index contributed by atoms with van der Waals surface area (Å²) in [6.45, 7) is 6.12. The summed E-state index contributed by atoms with van der Waals surface area (Å²) in [6.07, 6.45) is 4.54. The summed E-state index contributed by atoms with van der Waals surface area (Å²) in [6, 6.07) is 0.314. The first-order chi connectivity index (χ1) is 7.19. The zero-order chi connectivity index (χ0) is 10.9. The minimum Gasteiger partial charge on any atom is -0.353 e. The largest absolute Gasteiger partial charge is 0.353 e. The van der Waals surface area contributed by atoms with Crippen LogP contribution in [0.3, 0.4) is 0 Å². The molecule has 3 nitrogen and oxygen atoms in total. The average Bonchev–Trinajstić information content (AvgIpc) is 2.75. The monoisotopic (exact) mass is 246 g/mol. The Morgan fingerprint density at radius 3 is 3.06 bits per heavy atom. The van der Waals surface area contributed by atoms with E-state index in [1.54, 1.807) is 0 Å². The second-order valence-corrected chi connectivity index (χ2v) is 5.16. The summed E-state index contributed by atoms with van der Waals surface area (Å²) in [5, 5.41) is 6.53. The molecule has 0 radical (unpaired) electrons. The number of rotatable bonds is 3. The molecule has 4 heteroatoms. The Bertz CT molecular complexity index is 247. The van der Waals surface area contributed by atoms with E-state index in [0.717, 1.165) is 25.9 Å². The predicted octanol–water partition coefficient (Wildman–Crippen LogP) is 1.71. The van der Waals surface area contributed by atoms with Gasteiger partial charge >= 0.3 is 0 Å². The van der Waals surface area contributed by atoms with Gasteiger partial charge < -0.3 is 10.6 Å². The highest BCUT2D eigenvalue weighted by Gasteiger charge is 2.51. The quantitative estimate of drug-likeness (QED) is 0.796. The number of carbonyl (C=O) groups excluding carboxylic acids is 1. The van der Waals surface area contributed by atoms with Crippen LogP contribution in [0.1, 0.15) is 39.5 Å². The van der Waals surface area contributed by atoms with Gasteiger partial charge in [0.15, 0.2) is 0 Å². The van der Waals surface area contributed by atoms with Crippen LogP contribution in [0.2, 0.25) is 0 Å². The van der Waals surface area contributed by atoms with Crippen molar-refractivity contribution in [2.75, 3.05) is 13.1 Å². The predicted molar refractivity (Wildman–Crippen MR) is 67.8 cm³/mol. The summed E-state index contributed by atoms with van der Waals surface area (Å²) >= 11 is 0. The molecule has 1 amide bonds. The van der Waals surface area contributed by atoms with Gasteiger partial charge in [0.2, 0.25) is 5.91 Å². The Balaban J connectivity index is 0.00000128. The average molecular weight is 247 g/mol. The molecule has 1 unspecified atom stereocenters. The second-order valence-electron chi connectivity index (χ2n) is 5.16. The van der Waals surface area contributed by atoms with E-state index < -0.39 is 0 Å². The SMILES string of the molecule is CCC(C)NC(=O)[C@@]12CCC[C@@H]1CNC2.Cl. The fourth-order valence-electron chi connectivity index (χ4n) is 2.99. The van der Waals surface area contributed by atoms with Gasteiger partial charge in [-0.15, -0.1) is 12.4 Å². The number of halogens is 1. The molecule has 1 aliphatic heterocycles. The molecule has 0 aromatic carbocycles. The van der Waals surface area contributed by atoms with Crippen LogP contribution < -0.4 is 10.6 Å². The molecular formula is C12H23ClN2O. The summed E-state index contributed by atoms with van der Waals surface area (Å²) in [5.74, 6) is 0.880. The molecule has 0 bridgehead atoms. The highest BCUT2D eigenvalue weighted by Crippen LogP contribution is 2.45. The van der Waals surface area contributed by atoms with Crippen molar-refractivity contribution in [2.24, 2.45) is 11.3 Å². The molecule has 2 aliphatic rings. The topological polar surface area (TPSA) is 41.1 Å². The Hall–Kier alpha value is -0.280. The zero-order valence-corrected chi connectivity index (χ0v) is 11.0. The lowest BCUT2D eigenvalue weighted by Crippen LogP contribution is -2.46. The number of hydrogen-bond donors (Lipinski definition) is 2. The Morgan fingerprint density at radius 2 is 2.38 bits per heavy atom. The fraction of sp³-hybridized carbons (Fsp3) is 0.917. The molecule has 1 aliphatic carbocycles. The third-order valence-corrected chi connectivity index (χ3v) is 4.23. The number of fused-ring (bicyclic) bond motifs is 1. The maximum Gasteiger partial charge on any atom is 0.228 e. The van der Waals surface area contributed by atoms with E-state index in [1.807, 2.05) is 0 Å². The molecule has 94 valence electrons. The summed E-state index contributed by atoms with van der Waals surface area (Å²) in [5.41, 5.74) is -0.0660. The zero-order valence-electron chi connectivity index (χ0n) is 10.2. The van der Waals surface area contributed by atoms with Gasteiger partial charge in [0, 0.05) is 12.6 Å². The molecule has 16 heavy (non-hydrogen) atoms. The standard InChI is InChI=1S/C12H22N2O.ClH/c1-3-9(2)14-11(15)12-6-4-5-10(12)7-13-8-12;/h9-10,13H,3-8H2,1-2H3,(H,14,15);1H/t9?,10-,12-;/m1./s1. The van der Waals surface area contributed by atoms with Crippen molar-refractivity contribution in [3.05, 3.63) is 0 Å². The number of hydrogen-bond acceptors (Lipinski definition) is 2. The number of nitrogens with one attached hydrogen (secondary N) is 2. The minimum absolute atomic E-state index is 0. The van der Waals surface area contributed by atoms with Crippen LogP contribution in [0, 0.1) is 11.3 Å². The number of carbonyl (C=O) groups is 1. The highest BCUT2D eigenvalue weighted by atomic mass is 35.5. The van der Waals surface area contributed by atoms with Gasteiger partial charge in [-0.2, -0.15) is 0 Å². The Kier molecular flexibility index (Phi) is 4.62. The van der Waals surface area contributed by atoms with Crippen LogP contribution in [-0.2, 0) is 4.79 Å². The van der Waals surface area contributed by atoms with Crippen LogP contribution in [0.15, 0.2) is 0 Å². The third kappa shape index (κ3) is 2.21. The van der Waals surface area contributed by atoms with Crippen molar-refractivity contribution in [2.45, 2.75) is 45.6 Å². The lowest BCUT2D eigenvalue weighted by molar-refractivity contribution is -0.131. The van der Waals surface area contributed by atoms with Crippen LogP contribution >= 0.6 is 12.4 Å². The molecule has 2 N–H and O–H groups in total. The summed E-state index contributed by atoms with van der Waals surface area (Å²) < 4.78 is 0. The highest BCUT2D eigenvalue weighted by molar-refractivity contribution is 5.85. The van der Waals surface area contributed by atoms with Crippen molar-refractivity contribution in [3.8, 4) is 0 Å². The Morgan fingerprint density at radius 1 is 1.62 bits per heavy atom. The maximum atomic E-state index is 12.3. The van der Waals surface area contributed by atoms with E-state index in [-0.39, 0.29) is 17.8 Å². The number of amides is 1. The molecule has 1 saturated carbocycles. The van der Waals surface area contributed by atoms with Crippen LogP contribution in [0.5, 0.6) is 0 Å². The minimum atomic E-state index is -0.0660. The van der Waals surface area contributed by atoms with E-state index in [0.29, 0.717) is 17.9 Å². The van der Waals surface area contributed by atoms with Gasteiger partial charge in [0.25, 0.3) is 0 Å². The van der Waals surface area contributed by atoms with Gasteiger partial charge in [-0.25, -0.2) is 0 Å². The van der Waals surface area contributed by atoms with Crippen molar-refractivity contribution < 1.29 is 4.79 Å². The Labute approximate surface area is 104 Å². The molecule has 2 fully saturated rings. The lowest BCUT2D eigenvalue weighted by Gasteiger charge is -2.28. The lowest BCUT2D eigenvalue weighted by atomic mass is 9.79. The van der Waals surface area contributed by atoms with Crippen molar-refractivity contribution in [3.63, 3.8) is 0 Å². The molecule has 3 atom stereocenters. The molecule has 0 spiro atoms. The van der Waals surface area contributed by atoms with Crippen molar-refractivity contribution in [1.82, 2.24) is 10.6 Å². The summed E-state index contributed by atoms with van der Waals surface area (Å²) in [7, 11) is 0. The molecule has 1 saturated heterocycles. The van der Waals surface area contributed by atoms with E-state index in [2.05, 4.69) is 24.5 Å². The van der Waals surface area contributed by atoms with Crippen molar-refractivity contribution in [1.29, 1.82) is 0 Å². The molecular weight excluding hydrogens is 224 g/mol. The summed E-state index contributed by atoms with van der Waals surface area (Å²) in [4.78, 5) is 12.3. The van der Waals surface area contributed by atoms with E-state index >= 15 is 0 Å². The smallest absolute Gasteiger partial charge is 0.228 e. The third-order valence-electron chi connectivity index (χ3n) is 4.23. The maximum absolute atomic E-state index is 12.3. The molecule has 2 rings (SSSR count). The van der Waals surface area contributed by atoms with Gasteiger partial charge in [-0.1, -0.05) is 13.3 Å². The second kappa shape index (κ2) is 5.37. The van der Waals surface area contributed by atoms with E-state index in [4.69, 9.17) is 0 Å².